The number of fused-ring (bicyclic) bond motifs is 2. The summed E-state index contributed by atoms with van der Waals surface area (Å²) in [6.07, 6.45) is 1.69. The van der Waals surface area contributed by atoms with Gasteiger partial charge in [-0.2, -0.15) is 9.97 Å². The van der Waals surface area contributed by atoms with Gasteiger partial charge in [-0.3, -0.25) is 9.36 Å². The summed E-state index contributed by atoms with van der Waals surface area (Å²) in [4.78, 5) is 39.6. The van der Waals surface area contributed by atoms with E-state index in [0.717, 1.165) is 42.1 Å². The van der Waals surface area contributed by atoms with Gasteiger partial charge in [0.15, 0.2) is 17.0 Å². The van der Waals surface area contributed by atoms with Gasteiger partial charge in [0.25, 0.3) is 5.91 Å². The van der Waals surface area contributed by atoms with Crippen molar-refractivity contribution in [3.63, 3.8) is 0 Å². The molecule has 11 heteroatoms. The Morgan fingerprint density at radius 2 is 1.86 bits per heavy atom. The van der Waals surface area contributed by atoms with E-state index >= 15 is 0 Å². The van der Waals surface area contributed by atoms with E-state index in [1.54, 1.807) is 0 Å². The number of morpholine rings is 1. The molecule has 1 unspecified atom stereocenters. The average Bonchev–Trinajstić information content (AvgIpc) is 3.64. The number of hydrogen-bond acceptors (Lipinski definition) is 8. The van der Waals surface area contributed by atoms with Crippen LogP contribution in [0, 0.1) is 0 Å². The van der Waals surface area contributed by atoms with Crippen molar-refractivity contribution in [3.05, 3.63) is 35.9 Å². The Bertz CT molecular complexity index is 1470. The number of amides is 1. The number of likely N-dealkylation sites (N-methyl/N-ethyl adjacent to an activating group) is 1. The van der Waals surface area contributed by atoms with Crippen LogP contribution >= 0.6 is 0 Å². The molecule has 5 heterocycles. The lowest BCUT2D eigenvalue weighted by molar-refractivity contribution is 0.0768. The molecule has 37 heavy (non-hydrogen) atoms. The van der Waals surface area contributed by atoms with Gasteiger partial charge in [0, 0.05) is 45.7 Å². The van der Waals surface area contributed by atoms with Crippen molar-refractivity contribution >= 4 is 33.9 Å². The fourth-order valence-corrected chi connectivity index (χ4v) is 5.35. The number of anilines is 1. The zero-order valence-corrected chi connectivity index (χ0v) is 21.9. The zero-order valence-electron chi connectivity index (χ0n) is 21.9. The second-order valence-electron chi connectivity index (χ2n) is 9.98. The summed E-state index contributed by atoms with van der Waals surface area (Å²) in [6, 6.07) is 8.39. The number of ether oxygens (including phenoxy) is 1. The number of carbonyl (C=O) groups is 1. The van der Waals surface area contributed by atoms with Crippen LogP contribution in [0.2, 0.25) is 0 Å². The molecular weight excluding hydrogens is 470 g/mol. The molecule has 4 aromatic rings. The Morgan fingerprint density at radius 3 is 2.59 bits per heavy atom. The maximum Gasteiger partial charge on any atom is 0.289 e. The smallest absolute Gasteiger partial charge is 0.289 e. The third-order valence-electron chi connectivity index (χ3n) is 7.52. The monoisotopic (exact) mass is 503 g/mol. The molecule has 0 bridgehead atoms. The first-order chi connectivity index (χ1) is 18.0. The van der Waals surface area contributed by atoms with Gasteiger partial charge in [0.2, 0.25) is 11.8 Å². The summed E-state index contributed by atoms with van der Waals surface area (Å²) in [7, 11) is 5.99. The lowest BCUT2D eigenvalue weighted by atomic mass is 10.2. The normalized spacial score (nSPS) is 18.6. The highest BCUT2D eigenvalue weighted by molar-refractivity contribution is 5.96. The highest BCUT2D eigenvalue weighted by Gasteiger charge is 2.32. The quantitative estimate of drug-likeness (QED) is 0.407. The molecule has 0 N–H and O–H groups in total. The first kappa shape index (κ1) is 23.8. The van der Waals surface area contributed by atoms with Crippen LogP contribution in [0.5, 0.6) is 0 Å². The van der Waals surface area contributed by atoms with Crippen molar-refractivity contribution in [1.82, 2.24) is 38.9 Å². The molecule has 2 saturated heterocycles. The topological polar surface area (TPSA) is 97.4 Å². The molecule has 194 valence electrons. The number of aromatic nitrogens is 6. The number of imidazole rings is 2. The molecule has 2 fully saturated rings. The predicted molar refractivity (Wildman–Crippen MR) is 141 cm³/mol. The average molecular weight is 504 g/mol. The van der Waals surface area contributed by atoms with Gasteiger partial charge in [-0.05, 0) is 32.6 Å². The molecule has 2 aliphatic rings. The molecule has 0 saturated carbocycles. The molecular formula is C26H33N9O2. The highest BCUT2D eigenvalue weighted by atomic mass is 16.5. The molecule has 1 aromatic carbocycles. The Hall–Kier alpha value is -3.57. The van der Waals surface area contributed by atoms with Crippen LogP contribution in [0.4, 0.5) is 5.82 Å². The molecule has 1 atom stereocenters. The van der Waals surface area contributed by atoms with E-state index in [9.17, 15) is 4.79 Å². The zero-order chi connectivity index (χ0) is 25.7. The van der Waals surface area contributed by atoms with Crippen molar-refractivity contribution < 1.29 is 9.53 Å². The third-order valence-corrected chi connectivity index (χ3v) is 7.52. The van der Waals surface area contributed by atoms with Crippen LogP contribution in [0.3, 0.4) is 0 Å². The number of rotatable bonds is 5. The van der Waals surface area contributed by atoms with Crippen LogP contribution in [-0.4, -0.2) is 104 Å². The molecule has 0 spiro atoms. The van der Waals surface area contributed by atoms with Gasteiger partial charge < -0.3 is 24.0 Å². The van der Waals surface area contributed by atoms with Gasteiger partial charge >= 0.3 is 0 Å². The second kappa shape index (κ2) is 9.38. The fraction of sp³-hybridized carbons (Fsp3) is 0.500. The molecule has 3 aromatic heterocycles. The number of para-hydroxylation sites is 2. The number of benzene rings is 1. The SMILES string of the molecule is CCc1nc2ccccc2n1-c1nc(N2CCOCC2)c2nc(C(=O)N3CCC(N(C)C)C3)n(C)c2n1. The summed E-state index contributed by atoms with van der Waals surface area (Å²) in [6.45, 7) is 6.14. The maximum absolute atomic E-state index is 13.6. The largest absolute Gasteiger partial charge is 0.378 e. The summed E-state index contributed by atoms with van der Waals surface area (Å²) in [5.74, 6) is 2.47. The van der Waals surface area contributed by atoms with Crippen molar-refractivity contribution in [3.8, 4) is 5.95 Å². The Morgan fingerprint density at radius 1 is 1.08 bits per heavy atom. The van der Waals surface area contributed by atoms with Gasteiger partial charge in [-0.15, -0.1) is 0 Å². The third kappa shape index (κ3) is 4.02. The molecule has 6 rings (SSSR count). The van der Waals surface area contributed by atoms with E-state index in [-0.39, 0.29) is 5.91 Å². The lowest BCUT2D eigenvalue weighted by Gasteiger charge is -2.28. The van der Waals surface area contributed by atoms with Crippen LogP contribution < -0.4 is 4.90 Å². The minimum absolute atomic E-state index is 0.0679. The van der Waals surface area contributed by atoms with Crippen LogP contribution in [-0.2, 0) is 18.2 Å². The summed E-state index contributed by atoms with van der Waals surface area (Å²) < 4.78 is 9.45. The molecule has 0 radical (unpaired) electrons. The summed E-state index contributed by atoms with van der Waals surface area (Å²) in [5.41, 5.74) is 3.14. The summed E-state index contributed by atoms with van der Waals surface area (Å²) >= 11 is 0. The van der Waals surface area contributed by atoms with Crippen molar-refractivity contribution in [2.24, 2.45) is 7.05 Å². The number of nitrogens with zero attached hydrogens (tertiary/aromatic N) is 9. The van der Waals surface area contributed by atoms with Gasteiger partial charge in [0.1, 0.15) is 5.82 Å². The van der Waals surface area contributed by atoms with E-state index in [4.69, 9.17) is 24.7 Å². The lowest BCUT2D eigenvalue weighted by Crippen LogP contribution is -2.37. The van der Waals surface area contributed by atoms with E-state index in [2.05, 4.69) is 30.8 Å². The van der Waals surface area contributed by atoms with Crippen molar-refractivity contribution in [2.75, 3.05) is 58.4 Å². The molecule has 11 nitrogen and oxygen atoms in total. The van der Waals surface area contributed by atoms with Crippen LogP contribution in [0.15, 0.2) is 24.3 Å². The Kier molecular flexibility index (Phi) is 6.04. The number of likely N-dealkylation sites (tertiary alicyclic amines) is 1. The minimum Gasteiger partial charge on any atom is -0.378 e. The van der Waals surface area contributed by atoms with Gasteiger partial charge in [-0.25, -0.2) is 9.97 Å². The van der Waals surface area contributed by atoms with E-state index in [1.807, 2.05) is 45.3 Å². The van der Waals surface area contributed by atoms with E-state index < -0.39 is 0 Å². The van der Waals surface area contributed by atoms with E-state index in [0.29, 0.717) is 61.8 Å². The predicted octanol–water partition coefficient (Wildman–Crippen LogP) is 1.88. The number of aryl methyl sites for hydroxylation is 2. The van der Waals surface area contributed by atoms with Crippen LogP contribution in [0.25, 0.3) is 28.1 Å². The Balaban J connectivity index is 1.51. The first-order valence-corrected chi connectivity index (χ1v) is 13.0. The molecule has 0 aliphatic carbocycles. The molecule has 1 amide bonds. The maximum atomic E-state index is 13.6. The molecule has 2 aliphatic heterocycles. The standard InChI is InChI=1S/C26H33N9O2/c1-5-20-27-18-8-6-7-9-19(18)35(20)26-29-22-21(23(30-26)33-12-14-37-15-13-33)28-24(32(22)4)25(36)34-11-10-17(16-34)31(2)3/h6-9,17H,5,10-16H2,1-4H3. The fourth-order valence-electron chi connectivity index (χ4n) is 5.35. The van der Waals surface area contributed by atoms with Crippen molar-refractivity contribution in [1.29, 1.82) is 0 Å². The number of carbonyl (C=O) groups excluding carboxylic acids is 1. The second-order valence-corrected chi connectivity index (χ2v) is 9.98. The van der Waals surface area contributed by atoms with Gasteiger partial charge in [0.05, 0.1) is 24.2 Å². The number of hydrogen-bond donors (Lipinski definition) is 0. The van der Waals surface area contributed by atoms with Crippen molar-refractivity contribution in [2.45, 2.75) is 25.8 Å². The minimum atomic E-state index is -0.0679. The first-order valence-electron chi connectivity index (χ1n) is 13.0. The van der Waals surface area contributed by atoms with Crippen LogP contribution in [0.1, 0.15) is 29.8 Å². The van der Waals surface area contributed by atoms with E-state index in [1.165, 1.54) is 0 Å². The summed E-state index contributed by atoms with van der Waals surface area (Å²) in [5, 5.41) is 0. The Labute approximate surface area is 215 Å². The van der Waals surface area contributed by atoms with Gasteiger partial charge in [-0.1, -0.05) is 19.1 Å². The highest BCUT2D eigenvalue weighted by Crippen LogP contribution is 2.29.